The molecule has 0 unspecified atom stereocenters. The van der Waals surface area contributed by atoms with E-state index >= 15 is 0 Å². The molecule has 0 aromatic carbocycles. The van der Waals surface area contributed by atoms with Crippen LogP contribution in [0.4, 0.5) is 0 Å². The molecule has 2 heteroatoms. The van der Waals surface area contributed by atoms with Gasteiger partial charge in [-0.3, -0.25) is 0 Å². The van der Waals surface area contributed by atoms with Crippen LogP contribution in [0.15, 0.2) is 24.3 Å². The zero-order valence-corrected chi connectivity index (χ0v) is 7.75. The third-order valence-corrected chi connectivity index (χ3v) is 1.23. The highest BCUT2D eigenvalue weighted by Crippen LogP contribution is 1.89. The van der Waals surface area contributed by atoms with Crippen LogP contribution in [-0.4, -0.2) is 12.6 Å². The lowest BCUT2D eigenvalue weighted by Crippen LogP contribution is -2.00. The standard InChI is InChI=1S/C10H16O2/c1-3-5-6-7-9-12-10(11)8-4-2/h4-6,8H,3,7,9H2,1-2H3/b6-5+,8-4+. The molecule has 0 aliphatic carbocycles. The third-order valence-electron chi connectivity index (χ3n) is 1.23. The molecule has 0 bridgehead atoms. The van der Waals surface area contributed by atoms with E-state index in [2.05, 4.69) is 13.0 Å². The fourth-order valence-electron chi connectivity index (χ4n) is 0.696. The highest BCUT2D eigenvalue weighted by molar-refractivity contribution is 5.81. The predicted molar refractivity (Wildman–Crippen MR) is 49.8 cm³/mol. The molecule has 0 aliphatic heterocycles. The van der Waals surface area contributed by atoms with Crippen LogP contribution in [0.2, 0.25) is 0 Å². The van der Waals surface area contributed by atoms with Crippen LogP contribution in [0.25, 0.3) is 0 Å². The summed E-state index contributed by atoms with van der Waals surface area (Å²) in [5.41, 5.74) is 0. The Hall–Kier alpha value is -1.05. The Bertz CT molecular complexity index is 169. The zero-order chi connectivity index (χ0) is 9.23. The van der Waals surface area contributed by atoms with Crippen molar-refractivity contribution in [1.82, 2.24) is 0 Å². The van der Waals surface area contributed by atoms with Crippen LogP contribution < -0.4 is 0 Å². The molecule has 0 saturated heterocycles. The summed E-state index contributed by atoms with van der Waals surface area (Å²) in [5, 5.41) is 0. The molecule has 0 heterocycles. The summed E-state index contributed by atoms with van der Waals surface area (Å²) in [4.78, 5) is 10.7. The summed E-state index contributed by atoms with van der Waals surface area (Å²) in [7, 11) is 0. The van der Waals surface area contributed by atoms with Gasteiger partial charge in [-0.15, -0.1) is 0 Å². The van der Waals surface area contributed by atoms with E-state index in [-0.39, 0.29) is 5.97 Å². The summed E-state index contributed by atoms with van der Waals surface area (Å²) < 4.78 is 4.85. The van der Waals surface area contributed by atoms with E-state index < -0.39 is 0 Å². The molecule has 0 radical (unpaired) electrons. The number of ether oxygens (including phenoxy) is 1. The Balaban J connectivity index is 3.31. The smallest absolute Gasteiger partial charge is 0.330 e. The lowest BCUT2D eigenvalue weighted by atomic mass is 10.3. The van der Waals surface area contributed by atoms with Gasteiger partial charge in [0.1, 0.15) is 0 Å². The first kappa shape index (κ1) is 11.0. The lowest BCUT2D eigenvalue weighted by molar-refractivity contribution is -0.137. The van der Waals surface area contributed by atoms with Gasteiger partial charge in [-0.25, -0.2) is 4.79 Å². The van der Waals surface area contributed by atoms with Crippen LogP contribution in [-0.2, 0) is 9.53 Å². The second kappa shape index (κ2) is 8.05. The molecule has 0 saturated carbocycles. The van der Waals surface area contributed by atoms with Gasteiger partial charge in [-0.05, 0) is 19.8 Å². The molecule has 0 fully saturated rings. The van der Waals surface area contributed by atoms with Crippen LogP contribution in [0, 0.1) is 0 Å². The second-order valence-electron chi connectivity index (χ2n) is 2.34. The first-order chi connectivity index (χ1) is 5.81. The molecule has 0 N–H and O–H groups in total. The molecule has 2 nitrogen and oxygen atoms in total. The van der Waals surface area contributed by atoms with E-state index in [9.17, 15) is 4.79 Å². The summed E-state index contributed by atoms with van der Waals surface area (Å²) in [6, 6.07) is 0. The van der Waals surface area contributed by atoms with E-state index in [1.54, 1.807) is 13.0 Å². The number of esters is 1. The topological polar surface area (TPSA) is 26.3 Å². The Morgan fingerprint density at radius 3 is 2.75 bits per heavy atom. The van der Waals surface area contributed by atoms with Crippen LogP contribution in [0.5, 0.6) is 0 Å². The Kier molecular flexibility index (Phi) is 7.35. The van der Waals surface area contributed by atoms with Crippen molar-refractivity contribution < 1.29 is 9.53 Å². The number of carbonyl (C=O) groups excluding carboxylic acids is 1. The van der Waals surface area contributed by atoms with Crippen molar-refractivity contribution in [2.75, 3.05) is 6.61 Å². The maximum absolute atomic E-state index is 10.7. The average molecular weight is 168 g/mol. The molecule has 0 rings (SSSR count). The molecule has 0 aromatic heterocycles. The van der Waals surface area contributed by atoms with E-state index in [1.807, 2.05) is 6.08 Å². The summed E-state index contributed by atoms with van der Waals surface area (Å²) in [6.45, 7) is 4.33. The van der Waals surface area contributed by atoms with Gasteiger partial charge in [0, 0.05) is 6.08 Å². The van der Waals surface area contributed by atoms with Crippen molar-refractivity contribution in [3.63, 3.8) is 0 Å². The van der Waals surface area contributed by atoms with Crippen molar-refractivity contribution in [2.24, 2.45) is 0 Å². The van der Waals surface area contributed by atoms with Crippen LogP contribution in [0.3, 0.4) is 0 Å². The molecular formula is C10H16O2. The normalized spacial score (nSPS) is 11.2. The number of allylic oxidation sites excluding steroid dienone is 2. The highest BCUT2D eigenvalue weighted by Gasteiger charge is 1.92. The van der Waals surface area contributed by atoms with Crippen molar-refractivity contribution in [3.05, 3.63) is 24.3 Å². The van der Waals surface area contributed by atoms with Gasteiger partial charge in [0.2, 0.25) is 0 Å². The number of hydrogen-bond donors (Lipinski definition) is 0. The fourth-order valence-corrected chi connectivity index (χ4v) is 0.696. The van der Waals surface area contributed by atoms with Crippen molar-refractivity contribution in [3.8, 4) is 0 Å². The quantitative estimate of drug-likeness (QED) is 0.273. The molecule has 0 atom stereocenters. The zero-order valence-electron chi connectivity index (χ0n) is 7.75. The SMILES string of the molecule is C/C=C/C(=O)OCC/C=C/CC. The molecule has 0 spiro atoms. The number of hydrogen-bond acceptors (Lipinski definition) is 2. The molecule has 68 valence electrons. The van der Waals surface area contributed by atoms with Gasteiger partial charge >= 0.3 is 5.97 Å². The van der Waals surface area contributed by atoms with Crippen LogP contribution in [0.1, 0.15) is 26.7 Å². The van der Waals surface area contributed by atoms with Crippen molar-refractivity contribution >= 4 is 5.97 Å². The monoisotopic (exact) mass is 168 g/mol. The highest BCUT2D eigenvalue weighted by atomic mass is 16.5. The van der Waals surface area contributed by atoms with Gasteiger partial charge < -0.3 is 4.74 Å². The van der Waals surface area contributed by atoms with Gasteiger partial charge in [0.25, 0.3) is 0 Å². The lowest BCUT2D eigenvalue weighted by Gasteiger charge is -1.96. The third kappa shape index (κ3) is 7.06. The molecule has 0 aromatic rings. The molecular weight excluding hydrogens is 152 g/mol. The molecule has 0 aliphatic rings. The summed E-state index contributed by atoms with van der Waals surface area (Å²) in [5.74, 6) is -0.262. The Morgan fingerprint density at radius 2 is 2.17 bits per heavy atom. The fraction of sp³-hybridized carbons (Fsp3) is 0.500. The van der Waals surface area contributed by atoms with Crippen LogP contribution >= 0.6 is 0 Å². The Morgan fingerprint density at radius 1 is 1.42 bits per heavy atom. The second-order valence-corrected chi connectivity index (χ2v) is 2.34. The minimum atomic E-state index is -0.262. The van der Waals surface area contributed by atoms with Gasteiger partial charge in [0.05, 0.1) is 6.61 Å². The van der Waals surface area contributed by atoms with E-state index in [0.717, 1.165) is 12.8 Å². The molecule has 12 heavy (non-hydrogen) atoms. The van der Waals surface area contributed by atoms with E-state index in [1.165, 1.54) is 6.08 Å². The van der Waals surface area contributed by atoms with Gasteiger partial charge in [0.15, 0.2) is 0 Å². The molecule has 0 amide bonds. The average Bonchev–Trinajstić information content (AvgIpc) is 2.05. The van der Waals surface area contributed by atoms with Crippen molar-refractivity contribution in [1.29, 1.82) is 0 Å². The number of rotatable bonds is 5. The number of carbonyl (C=O) groups is 1. The van der Waals surface area contributed by atoms with Gasteiger partial charge in [-0.1, -0.05) is 25.2 Å². The first-order valence-electron chi connectivity index (χ1n) is 4.25. The minimum Gasteiger partial charge on any atom is -0.462 e. The minimum absolute atomic E-state index is 0.262. The van der Waals surface area contributed by atoms with Gasteiger partial charge in [-0.2, -0.15) is 0 Å². The summed E-state index contributed by atoms with van der Waals surface area (Å²) >= 11 is 0. The van der Waals surface area contributed by atoms with E-state index in [4.69, 9.17) is 4.74 Å². The van der Waals surface area contributed by atoms with Crippen molar-refractivity contribution in [2.45, 2.75) is 26.7 Å². The van der Waals surface area contributed by atoms with E-state index in [0.29, 0.717) is 6.61 Å². The Labute approximate surface area is 73.9 Å². The maximum Gasteiger partial charge on any atom is 0.330 e. The largest absolute Gasteiger partial charge is 0.462 e. The maximum atomic E-state index is 10.7. The predicted octanol–water partition coefficient (Wildman–Crippen LogP) is 2.46. The summed E-state index contributed by atoms with van der Waals surface area (Å²) in [6.07, 6.45) is 9.00. The first-order valence-corrected chi connectivity index (χ1v) is 4.25.